The summed E-state index contributed by atoms with van der Waals surface area (Å²) in [6, 6.07) is 7.46. The fourth-order valence-electron chi connectivity index (χ4n) is 3.73. The number of aromatic amines is 1. The maximum atomic E-state index is 12.6. The summed E-state index contributed by atoms with van der Waals surface area (Å²) < 4.78 is 0. The number of amides is 2. The van der Waals surface area contributed by atoms with E-state index in [1.165, 1.54) is 39.0 Å². The Kier molecular flexibility index (Phi) is 5.74. The summed E-state index contributed by atoms with van der Waals surface area (Å²) in [6.45, 7) is 2.17. The second-order valence-corrected chi connectivity index (χ2v) is 7.07. The zero-order valence-corrected chi connectivity index (χ0v) is 14.8. The average Bonchev–Trinajstić information content (AvgIpc) is 3.03. The van der Waals surface area contributed by atoms with Gasteiger partial charge in [-0.2, -0.15) is 0 Å². The number of H-pyrrole nitrogens is 1. The van der Waals surface area contributed by atoms with Crippen LogP contribution in [0.25, 0.3) is 10.9 Å². The van der Waals surface area contributed by atoms with Gasteiger partial charge in [-0.05, 0) is 30.4 Å². The summed E-state index contributed by atoms with van der Waals surface area (Å²) in [6.07, 6.45) is 8.60. The van der Waals surface area contributed by atoms with Gasteiger partial charge in [-0.1, -0.05) is 37.5 Å². The average molecular weight is 341 g/mol. The van der Waals surface area contributed by atoms with Crippen molar-refractivity contribution < 1.29 is 9.59 Å². The van der Waals surface area contributed by atoms with E-state index in [4.69, 9.17) is 0 Å². The minimum Gasteiger partial charge on any atom is -0.361 e. The Morgan fingerprint density at radius 3 is 2.72 bits per heavy atom. The number of nitrogens with one attached hydrogen (secondary N) is 3. The van der Waals surface area contributed by atoms with Crippen molar-refractivity contribution >= 4 is 22.7 Å². The summed E-state index contributed by atoms with van der Waals surface area (Å²) in [7, 11) is 0. The Hall–Kier alpha value is -2.30. The summed E-state index contributed by atoms with van der Waals surface area (Å²) in [5.41, 5.74) is 2.09. The number of carbonyl (C=O) groups is 2. The number of rotatable bonds is 6. The molecule has 1 saturated carbocycles. The molecule has 1 aliphatic rings. The lowest BCUT2D eigenvalue weighted by molar-refractivity contribution is -0.128. The molecule has 1 aromatic heterocycles. The smallest absolute Gasteiger partial charge is 0.242 e. The summed E-state index contributed by atoms with van der Waals surface area (Å²) in [5.74, 6) is 0.299. The van der Waals surface area contributed by atoms with Gasteiger partial charge in [0.2, 0.25) is 11.8 Å². The third kappa shape index (κ3) is 4.62. The van der Waals surface area contributed by atoms with E-state index in [1.807, 2.05) is 30.5 Å². The van der Waals surface area contributed by atoms with Gasteiger partial charge >= 0.3 is 0 Å². The first-order valence-electron chi connectivity index (χ1n) is 9.23. The van der Waals surface area contributed by atoms with Crippen molar-refractivity contribution in [2.45, 2.75) is 51.5 Å². The zero-order chi connectivity index (χ0) is 17.6. The highest BCUT2D eigenvalue weighted by Gasteiger charge is 2.22. The molecule has 0 radical (unpaired) electrons. The first kappa shape index (κ1) is 17.5. The molecule has 2 amide bonds. The van der Waals surface area contributed by atoms with Crippen LogP contribution in [0, 0.1) is 5.92 Å². The van der Waals surface area contributed by atoms with Crippen LogP contribution in [-0.2, 0) is 16.0 Å². The molecule has 0 saturated heterocycles. The van der Waals surface area contributed by atoms with Crippen LogP contribution < -0.4 is 10.6 Å². The molecular weight excluding hydrogens is 314 g/mol. The van der Waals surface area contributed by atoms with Crippen molar-refractivity contribution in [2.24, 2.45) is 5.92 Å². The van der Waals surface area contributed by atoms with Crippen molar-refractivity contribution in [2.75, 3.05) is 6.54 Å². The van der Waals surface area contributed by atoms with E-state index in [-0.39, 0.29) is 11.8 Å². The van der Waals surface area contributed by atoms with E-state index in [2.05, 4.69) is 15.6 Å². The molecule has 1 atom stereocenters. The Morgan fingerprint density at radius 1 is 1.20 bits per heavy atom. The van der Waals surface area contributed by atoms with Gasteiger partial charge < -0.3 is 15.6 Å². The minimum absolute atomic E-state index is 0.0916. The number of benzene rings is 1. The maximum absolute atomic E-state index is 12.6. The van der Waals surface area contributed by atoms with Crippen LogP contribution in [0.3, 0.4) is 0 Å². The van der Waals surface area contributed by atoms with Crippen molar-refractivity contribution in [3.8, 4) is 0 Å². The van der Waals surface area contributed by atoms with Gasteiger partial charge in [0.15, 0.2) is 0 Å². The van der Waals surface area contributed by atoms with Gasteiger partial charge in [0.1, 0.15) is 6.04 Å². The van der Waals surface area contributed by atoms with Crippen molar-refractivity contribution in [3.63, 3.8) is 0 Å². The second kappa shape index (κ2) is 8.19. The zero-order valence-electron chi connectivity index (χ0n) is 14.8. The van der Waals surface area contributed by atoms with Gasteiger partial charge in [-0.15, -0.1) is 0 Å². The van der Waals surface area contributed by atoms with E-state index in [0.717, 1.165) is 16.5 Å². The predicted molar refractivity (Wildman–Crippen MR) is 99.2 cm³/mol. The minimum atomic E-state index is -0.541. The quantitative estimate of drug-likeness (QED) is 0.756. The highest BCUT2D eigenvalue weighted by atomic mass is 16.2. The molecule has 2 aromatic rings. The first-order chi connectivity index (χ1) is 12.1. The van der Waals surface area contributed by atoms with Crippen LogP contribution >= 0.6 is 0 Å². The normalized spacial score (nSPS) is 16.5. The van der Waals surface area contributed by atoms with Gasteiger partial charge in [-0.25, -0.2) is 0 Å². The summed E-state index contributed by atoms with van der Waals surface area (Å²) in [4.78, 5) is 27.4. The molecule has 0 aliphatic heterocycles. The molecule has 25 heavy (non-hydrogen) atoms. The van der Waals surface area contributed by atoms with Gasteiger partial charge in [0.25, 0.3) is 0 Å². The van der Waals surface area contributed by atoms with Crippen molar-refractivity contribution in [1.82, 2.24) is 15.6 Å². The summed E-state index contributed by atoms with van der Waals surface area (Å²) >= 11 is 0. The van der Waals surface area contributed by atoms with Gasteiger partial charge in [0.05, 0.1) is 0 Å². The Balaban J connectivity index is 1.66. The van der Waals surface area contributed by atoms with Crippen LogP contribution in [0.1, 0.15) is 44.6 Å². The fraction of sp³-hybridized carbons (Fsp3) is 0.500. The largest absolute Gasteiger partial charge is 0.361 e. The lowest BCUT2D eigenvalue weighted by Gasteiger charge is -2.23. The monoisotopic (exact) mass is 341 g/mol. The van der Waals surface area contributed by atoms with Gasteiger partial charge in [0, 0.05) is 37.0 Å². The molecular formula is C20H27N3O2. The number of para-hydroxylation sites is 1. The molecule has 1 aromatic carbocycles. The standard InChI is InChI=1S/C20H27N3O2/c1-14(24)23-19(20(25)22-12-15-7-3-2-4-8-15)11-16-13-21-18-10-6-5-9-17(16)18/h5-6,9-10,13,15,19,21H,2-4,7-8,11-12H2,1H3,(H,22,25)(H,23,24)/t19-/m0/s1. The highest BCUT2D eigenvalue weighted by Crippen LogP contribution is 2.23. The third-order valence-electron chi connectivity index (χ3n) is 5.08. The summed E-state index contributed by atoms with van der Waals surface area (Å²) in [5, 5.41) is 6.96. The van der Waals surface area contributed by atoms with Crippen molar-refractivity contribution in [1.29, 1.82) is 0 Å². The van der Waals surface area contributed by atoms with Crippen LogP contribution in [0.5, 0.6) is 0 Å². The number of aromatic nitrogens is 1. The van der Waals surface area contributed by atoms with Crippen LogP contribution in [0.2, 0.25) is 0 Å². The van der Waals surface area contributed by atoms with Crippen molar-refractivity contribution in [3.05, 3.63) is 36.0 Å². The number of carbonyl (C=O) groups excluding carboxylic acids is 2. The fourth-order valence-corrected chi connectivity index (χ4v) is 3.73. The van der Waals surface area contributed by atoms with Crippen LogP contribution in [0.15, 0.2) is 30.5 Å². The molecule has 3 N–H and O–H groups in total. The lowest BCUT2D eigenvalue weighted by Crippen LogP contribution is -2.48. The lowest BCUT2D eigenvalue weighted by atomic mass is 9.89. The molecule has 1 fully saturated rings. The molecule has 1 heterocycles. The highest BCUT2D eigenvalue weighted by molar-refractivity contribution is 5.89. The Labute approximate surface area is 148 Å². The molecule has 134 valence electrons. The van der Waals surface area contributed by atoms with E-state index in [1.54, 1.807) is 0 Å². The van der Waals surface area contributed by atoms with E-state index in [0.29, 0.717) is 18.9 Å². The number of hydrogen-bond acceptors (Lipinski definition) is 2. The SMILES string of the molecule is CC(=O)N[C@@H](Cc1c[nH]c2ccccc12)C(=O)NCC1CCCCC1. The first-order valence-corrected chi connectivity index (χ1v) is 9.23. The Bertz CT molecular complexity index is 731. The molecule has 0 spiro atoms. The maximum Gasteiger partial charge on any atom is 0.242 e. The van der Waals surface area contributed by atoms with E-state index >= 15 is 0 Å². The number of hydrogen-bond donors (Lipinski definition) is 3. The third-order valence-corrected chi connectivity index (χ3v) is 5.08. The molecule has 1 aliphatic carbocycles. The molecule has 0 bridgehead atoms. The molecule has 5 heteroatoms. The van der Waals surface area contributed by atoms with Crippen LogP contribution in [-0.4, -0.2) is 29.4 Å². The van der Waals surface area contributed by atoms with Crippen LogP contribution in [0.4, 0.5) is 0 Å². The van der Waals surface area contributed by atoms with Gasteiger partial charge in [-0.3, -0.25) is 9.59 Å². The van der Waals surface area contributed by atoms with E-state index in [9.17, 15) is 9.59 Å². The van der Waals surface area contributed by atoms with E-state index < -0.39 is 6.04 Å². The second-order valence-electron chi connectivity index (χ2n) is 7.07. The number of fused-ring (bicyclic) bond motifs is 1. The topological polar surface area (TPSA) is 74.0 Å². The molecule has 3 rings (SSSR count). The Morgan fingerprint density at radius 2 is 1.96 bits per heavy atom. The predicted octanol–water partition coefficient (Wildman–Crippen LogP) is 2.91. The molecule has 0 unspecified atom stereocenters. The molecule has 5 nitrogen and oxygen atoms in total.